The van der Waals surface area contributed by atoms with E-state index in [4.69, 9.17) is 4.74 Å². The number of anilines is 1. The van der Waals surface area contributed by atoms with Crippen molar-refractivity contribution < 1.29 is 4.74 Å². The maximum Gasteiger partial charge on any atom is 0.203 e. The Balaban J connectivity index is 1.76. The van der Waals surface area contributed by atoms with Gasteiger partial charge in [0, 0.05) is 51.4 Å². The first-order valence-electron chi connectivity index (χ1n) is 7.62. The van der Waals surface area contributed by atoms with Crippen LogP contribution in [0.1, 0.15) is 25.5 Å². The standard InChI is InChI=1S/C15H25N5O/c1-3-21-12-5-7-16-15-18-14(2)13-19(15)9-6-11-20-10-4-8-17-20/h4,8,10,13H,3,5-7,9,11-12H2,1-2H3,(H,16,18). The molecule has 2 aromatic rings. The van der Waals surface area contributed by atoms with Crippen LogP contribution in [0, 0.1) is 6.92 Å². The van der Waals surface area contributed by atoms with Crippen LogP contribution >= 0.6 is 0 Å². The van der Waals surface area contributed by atoms with Crippen LogP contribution < -0.4 is 5.32 Å². The third-order valence-electron chi connectivity index (χ3n) is 3.20. The minimum absolute atomic E-state index is 0.779. The van der Waals surface area contributed by atoms with Gasteiger partial charge in [0.2, 0.25) is 5.95 Å². The van der Waals surface area contributed by atoms with E-state index in [9.17, 15) is 0 Å². The lowest BCUT2D eigenvalue weighted by Gasteiger charge is -2.10. The molecule has 6 heteroatoms. The molecule has 0 saturated heterocycles. The second kappa shape index (κ2) is 8.46. The quantitative estimate of drug-likeness (QED) is 0.683. The molecule has 0 atom stereocenters. The van der Waals surface area contributed by atoms with Gasteiger partial charge in [-0.3, -0.25) is 4.68 Å². The van der Waals surface area contributed by atoms with Gasteiger partial charge in [0.25, 0.3) is 0 Å². The van der Waals surface area contributed by atoms with Crippen LogP contribution in [0.2, 0.25) is 0 Å². The highest BCUT2D eigenvalue weighted by Crippen LogP contribution is 2.09. The summed E-state index contributed by atoms with van der Waals surface area (Å²) in [4.78, 5) is 4.53. The van der Waals surface area contributed by atoms with Crippen molar-refractivity contribution in [2.24, 2.45) is 0 Å². The maximum absolute atomic E-state index is 5.34. The summed E-state index contributed by atoms with van der Waals surface area (Å²) in [5, 5.41) is 7.60. The van der Waals surface area contributed by atoms with Crippen LogP contribution in [-0.2, 0) is 17.8 Å². The number of ether oxygens (including phenoxy) is 1. The minimum Gasteiger partial charge on any atom is -0.382 e. The van der Waals surface area contributed by atoms with Crippen molar-refractivity contribution in [3.8, 4) is 0 Å². The molecule has 2 heterocycles. The van der Waals surface area contributed by atoms with Crippen LogP contribution in [0.5, 0.6) is 0 Å². The highest BCUT2D eigenvalue weighted by Gasteiger charge is 2.05. The number of nitrogens with zero attached hydrogens (tertiary/aromatic N) is 4. The lowest BCUT2D eigenvalue weighted by molar-refractivity contribution is 0.147. The first kappa shape index (κ1) is 15.6. The van der Waals surface area contributed by atoms with E-state index in [0.717, 1.165) is 57.3 Å². The zero-order valence-electron chi connectivity index (χ0n) is 13.0. The predicted octanol–water partition coefficient (Wildman–Crippen LogP) is 2.32. The van der Waals surface area contributed by atoms with Crippen molar-refractivity contribution in [2.75, 3.05) is 25.1 Å². The van der Waals surface area contributed by atoms with Crippen LogP contribution in [0.15, 0.2) is 24.7 Å². The van der Waals surface area contributed by atoms with Gasteiger partial charge >= 0.3 is 0 Å². The Morgan fingerprint density at radius 2 is 2.19 bits per heavy atom. The molecule has 0 aliphatic rings. The summed E-state index contributed by atoms with van der Waals surface area (Å²) in [6, 6.07) is 1.95. The lowest BCUT2D eigenvalue weighted by atomic mass is 10.4. The largest absolute Gasteiger partial charge is 0.382 e. The molecule has 0 spiro atoms. The summed E-state index contributed by atoms with van der Waals surface area (Å²) >= 11 is 0. The zero-order valence-corrected chi connectivity index (χ0v) is 13.0. The third-order valence-corrected chi connectivity index (χ3v) is 3.20. The predicted molar refractivity (Wildman–Crippen MR) is 83.4 cm³/mol. The number of hydrogen-bond acceptors (Lipinski definition) is 4. The first-order chi connectivity index (χ1) is 10.3. The third kappa shape index (κ3) is 5.23. The average molecular weight is 291 g/mol. The smallest absolute Gasteiger partial charge is 0.203 e. The number of aryl methyl sites for hydroxylation is 3. The topological polar surface area (TPSA) is 56.9 Å². The van der Waals surface area contributed by atoms with Crippen LogP contribution in [-0.4, -0.2) is 39.1 Å². The van der Waals surface area contributed by atoms with E-state index in [2.05, 4.69) is 26.2 Å². The number of rotatable bonds is 10. The fourth-order valence-corrected chi connectivity index (χ4v) is 2.21. The molecule has 0 bridgehead atoms. The maximum atomic E-state index is 5.34. The van der Waals surface area contributed by atoms with E-state index in [1.807, 2.05) is 37.0 Å². The van der Waals surface area contributed by atoms with Crippen molar-refractivity contribution in [3.05, 3.63) is 30.4 Å². The lowest BCUT2D eigenvalue weighted by Crippen LogP contribution is -2.11. The van der Waals surface area contributed by atoms with E-state index in [1.165, 1.54) is 0 Å². The molecule has 0 aliphatic heterocycles. The number of nitrogens with one attached hydrogen (secondary N) is 1. The summed E-state index contributed by atoms with van der Waals surface area (Å²) in [6.45, 7) is 8.36. The molecule has 116 valence electrons. The van der Waals surface area contributed by atoms with Crippen molar-refractivity contribution in [1.82, 2.24) is 19.3 Å². The number of hydrogen-bond donors (Lipinski definition) is 1. The molecule has 0 aromatic carbocycles. The fourth-order valence-electron chi connectivity index (χ4n) is 2.21. The average Bonchev–Trinajstić information content (AvgIpc) is 3.09. The number of aromatic nitrogens is 4. The van der Waals surface area contributed by atoms with Gasteiger partial charge in [0.15, 0.2) is 0 Å². The van der Waals surface area contributed by atoms with Crippen LogP contribution in [0.4, 0.5) is 5.95 Å². The molecule has 0 amide bonds. The minimum atomic E-state index is 0.779. The summed E-state index contributed by atoms with van der Waals surface area (Å²) in [5.74, 6) is 0.949. The monoisotopic (exact) mass is 291 g/mol. The summed E-state index contributed by atoms with van der Waals surface area (Å²) in [5.41, 5.74) is 1.04. The van der Waals surface area contributed by atoms with Crippen LogP contribution in [0.3, 0.4) is 0 Å². The van der Waals surface area contributed by atoms with Gasteiger partial charge in [-0.2, -0.15) is 5.10 Å². The highest BCUT2D eigenvalue weighted by molar-refractivity contribution is 5.28. The number of imidazole rings is 1. The highest BCUT2D eigenvalue weighted by atomic mass is 16.5. The van der Waals surface area contributed by atoms with Gasteiger partial charge < -0.3 is 14.6 Å². The van der Waals surface area contributed by atoms with Gasteiger partial charge in [-0.1, -0.05) is 0 Å². The molecule has 2 aromatic heterocycles. The van der Waals surface area contributed by atoms with E-state index >= 15 is 0 Å². The van der Waals surface area contributed by atoms with Crippen molar-refractivity contribution >= 4 is 5.95 Å². The summed E-state index contributed by atoms with van der Waals surface area (Å²) in [6.07, 6.45) is 7.92. The van der Waals surface area contributed by atoms with Gasteiger partial charge in [-0.25, -0.2) is 4.98 Å². The van der Waals surface area contributed by atoms with Gasteiger partial charge in [-0.05, 0) is 32.8 Å². The van der Waals surface area contributed by atoms with E-state index < -0.39 is 0 Å². The second-order valence-electron chi connectivity index (χ2n) is 5.00. The summed E-state index contributed by atoms with van der Waals surface area (Å²) < 4.78 is 9.47. The molecule has 6 nitrogen and oxygen atoms in total. The van der Waals surface area contributed by atoms with Crippen LogP contribution in [0.25, 0.3) is 0 Å². The Morgan fingerprint density at radius 3 is 2.95 bits per heavy atom. The van der Waals surface area contributed by atoms with Gasteiger partial charge in [0.1, 0.15) is 0 Å². The molecule has 1 N–H and O–H groups in total. The SMILES string of the molecule is CCOCCCNc1nc(C)cn1CCCn1cccn1. The molecule has 0 unspecified atom stereocenters. The fraction of sp³-hybridized carbons (Fsp3) is 0.600. The molecule has 0 aliphatic carbocycles. The Morgan fingerprint density at radius 1 is 1.29 bits per heavy atom. The molecule has 0 fully saturated rings. The Bertz CT molecular complexity index is 506. The van der Waals surface area contributed by atoms with Crippen molar-refractivity contribution in [1.29, 1.82) is 0 Å². The van der Waals surface area contributed by atoms with Gasteiger partial charge in [0.05, 0.1) is 5.69 Å². The molecule has 0 radical (unpaired) electrons. The second-order valence-corrected chi connectivity index (χ2v) is 5.00. The molecular weight excluding hydrogens is 266 g/mol. The Kier molecular flexibility index (Phi) is 6.27. The molecule has 0 saturated carbocycles. The molecule has 2 rings (SSSR count). The Hall–Kier alpha value is -1.82. The summed E-state index contributed by atoms with van der Waals surface area (Å²) in [7, 11) is 0. The normalized spacial score (nSPS) is 11.0. The van der Waals surface area contributed by atoms with E-state index in [-0.39, 0.29) is 0 Å². The zero-order chi connectivity index (χ0) is 14.9. The first-order valence-corrected chi connectivity index (χ1v) is 7.62. The van der Waals surface area contributed by atoms with Crippen molar-refractivity contribution in [3.63, 3.8) is 0 Å². The van der Waals surface area contributed by atoms with Gasteiger partial charge in [-0.15, -0.1) is 0 Å². The molecular formula is C15H25N5O. The Labute approximate surface area is 126 Å². The molecule has 21 heavy (non-hydrogen) atoms. The van der Waals surface area contributed by atoms with E-state index in [0.29, 0.717) is 0 Å². The van der Waals surface area contributed by atoms with E-state index in [1.54, 1.807) is 0 Å². The van der Waals surface area contributed by atoms with Crippen molar-refractivity contribution in [2.45, 2.75) is 39.8 Å².